The molecule has 1 aromatic carbocycles. The highest BCUT2D eigenvalue weighted by atomic mass is 32.2. The predicted octanol–water partition coefficient (Wildman–Crippen LogP) is 3.12. The largest absolute Gasteiger partial charge is 0.444 e. The Balaban J connectivity index is 2.10. The van der Waals surface area contributed by atoms with Crippen molar-refractivity contribution in [1.29, 1.82) is 0 Å². The van der Waals surface area contributed by atoms with E-state index in [1.54, 1.807) is 22.8 Å². The molecule has 0 radical (unpaired) electrons. The van der Waals surface area contributed by atoms with E-state index in [0.717, 1.165) is 19.3 Å². The van der Waals surface area contributed by atoms with Gasteiger partial charge in [-0.1, -0.05) is 6.07 Å². The maximum atomic E-state index is 12.8. The van der Waals surface area contributed by atoms with Gasteiger partial charge in [-0.15, -0.1) is 0 Å². The summed E-state index contributed by atoms with van der Waals surface area (Å²) in [5, 5.41) is 2.74. The summed E-state index contributed by atoms with van der Waals surface area (Å²) >= 11 is 0. The highest BCUT2D eigenvalue weighted by molar-refractivity contribution is 7.89. The molecule has 0 saturated heterocycles. The lowest BCUT2D eigenvalue weighted by Gasteiger charge is -2.20. The number of alkyl carbamates (subject to hydrolysis) is 1. The van der Waals surface area contributed by atoms with E-state index in [9.17, 15) is 13.2 Å². The topological polar surface area (TPSA) is 120 Å². The molecule has 10 heteroatoms. The van der Waals surface area contributed by atoms with Crippen molar-refractivity contribution in [3.8, 4) is 0 Å². The molecular formula is C20H33N5O4S. The molecule has 0 fully saturated rings. The van der Waals surface area contributed by atoms with Gasteiger partial charge in [0.1, 0.15) is 10.5 Å². The van der Waals surface area contributed by atoms with E-state index in [0.29, 0.717) is 17.6 Å². The summed E-state index contributed by atoms with van der Waals surface area (Å²) in [4.78, 5) is 16.2. The number of ether oxygens (including phenoxy) is 1. The number of amides is 1. The smallest absolute Gasteiger partial charge is 0.407 e. The van der Waals surface area contributed by atoms with Crippen molar-refractivity contribution in [2.75, 3.05) is 26.4 Å². The van der Waals surface area contributed by atoms with Crippen LogP contribution in [0.5, 0.6) is 0 Å². The number of carbonyl (C=O) groups is 1. The SMILES string of the molecule is CC(CCCCNC(=O)OC(C)(C)C)n1c(N)nc2cccc(S(=O)(=O)N(C)C)c21. The molecule has 0 saturated carbocycles. The molecule has 9 nitrogen and oxygen atoms in total. The number of para-hydroxylation sites is 1. The molecule has 0 aliphatic carbocycles. The highest BCUT2D eigenvalue weighted by Gasteiger charge is 2.25. The van der Waals surface area contributed by atoms with E-state index in [4.69, 9.17) is 10.5 Å². The van der Waals surface area contributed by atoms with Crippen LogP contribution < -0.4 is 11.1 Å². The van der Waals surface area contributed by atoms with Crippen molar-refractivity contribution in [3.05, 3.63) is 18.2 Å². The van der Waals surface area contributed by atoms with Crippen LogP contribution >= 0.6 is 0 Å². The number of hydrogen-bond acceptors (Lipinski definition) is 6. The van der Waals surface area contributed by atoms with Gasteiger partial charge in [-0.25, -0.2) is 22.5 Å². The van der Waals surface area contributed by atoms with Gasteiger partial charge >= 0.3 is 6.09 Å². The average molecular weight is 440 g/mol. The molecule has 1 unspecified atom stereocenters. The molecule has 1 aromatic heterocycles. The maximum absolute atomic E-state index is 12.8. The van der Waals surface area contributed by atoms with Gasteiger partial charge in [0, 0.05) is 26.7 Å². The van der Waals surface area contributed by atoms with Gasteiger partial charge < -0.3 is 20.4 Å². The zero-order chi connectivity index (χ0) is 22.7. The van der Waals surface area contributed by atoms with Crippen LogP contribution in [0.25, 0.3) is 11.0 Å². The van der Waals surface area contributed by atoms with Crippen molar-refractivity contribution in [3.63, 3.8) is 0 Å². The van der Waals surface area contributed by atoms with E-state index < -0.39 is 21.7 Å². The second-order valence-electron chi connectivity index (χ2n) is 8.52. The van der Waals surface area contributed by atoms with Crippen molar-refractivity contribution < 1.29 is 17.9 Å². The number of anilines is 1. The Bertz CT molecular complexity index is 993. The molecule has 1 atom stereocenters. The molecular weight excluding hydrogens is 406 g/mol. The average Bonchev–Trinajstić information content (AvgIpc) is 2.95. The number of nitrogens with zero attached hydrogens (tertiary/aromatic N) is 3. The van der Waals surface area contributed by atoms with Gasteiger partial charge in [-0.2, -0.15) is 0 Å². The third-order valence-electron chi connectivity index (χ3n) is 4.62. The molecule has 30 heavy (non-hydrogen) atoms. The Morgan fingerprint density at radius 1 is 1.30 bits per heavy atom. The first-order valence-corrected chi connectivity index (χ1v) is 11.4. The fraction of sp³-hybridized carbons (Fsp3) is 0.600. The van der Waals surface area contributed by atoms with Crippen molar-refractivity contribution in [1.82, 2.24) is 19.2 Å². The third kappa shape index (κ3) is 5.63. The number of unbranched alkanes of at least 4 members (excludes halogenated alkanes) is 1. The van der Waals surface area contributed by atoms with Crippen LogP contribution in [0.3, 0.4) is 0 Å². The van der Waals surface area contributed by atoms with Crippen molar-refractivity contribution in [2.24, 2.45) is 0 Å². The molecule has 0 bridgehead atoms. The number of rotatable bonds is 8. The number of hydrogen-bond donors (Lipinski definition) is 2. The minimum atomic E-state index is -3.64. The minimum Gasteiger partial charge on any atom is -0.444 e. The van der Waals surface area contributed by atoms with Crippen LogP contribution in [0.1, 0.15) is 53.0 Å². The lowest BCUT2D eigenvalue weighted by atomic mass is 10.1. The fourth-order valence-corrected chi connectivity index (χ4v) is 4.28. The monoisotopic (exact) mass is 439 g/mol. The summed E-state index contributed by atoms with van der Waals surface area (Å²) in [5.74, 6) is 0.283. The number of carbonyl (C=O) groups excluding carboxylic acids is 1. The molecule has 2 rings (SSSR count). The first-order valence-electron chi connectivity index (χ1n) is 10.0. The first kappa shape index (κ1) is 23.9. The quantitative estimate of drug-likeness (QED) is 0.610. The van der Waals surface area contributed by atoms with E-state index in [-0.39, 0.29) is 16.9 Å². The third-order valence-corrected chi connectivity index (χ3v) is 6.46. The van der Waals surface area contributed by atoms with E-state index in [1.165, 1.54) is 18.4 Å². The lowest BCUT2D eigenvalue weighted by molar-refractivity contribution is 0.0527. The Labute approximate surface area is 178 Å². The van der Waals surface area contributed by atoms with Crippen LogP contribution in [0.2, 0.25) is 0 Å². The molecule has 0 spiro atoms. The summed E-state index contributed by atoms with van der Waals surface area (Å²) in [6.45, 7) is 7.94. The van der Waals surface area contributed by atoms with Crippen LogP contribution in [0, 0.1) is 0 Å². The summed E-state index contributed by atoms with van der Waals surface area (Å²) in [5.41, 5.74) is 6.68. The maximum Gasteiger partial charge on any atom is 0.407 e. The zero-order valence-electron chi connectivity index (χ0n) is 18.6. The molecule has 1 amide bonds. The number of imidazole rings is 1. The second-order valence-corrected chi connectivity index (χ2v) is 10.6. The molecule has 168 valence electrons. The predicted molar refractivity (Wildman–Crippen MR) is 118 cm³/mol. The summed E-state index contributed by atoms with van der Waals surface area (Å²) in [6.07, 6.45) is 1.90. The van der Waals surface area contributed by atoms with Crippen LogP contribution in [0.4, 0.5) is 10.7 Å². The summed E-state index contributed by atoms with van der Waals surface area (Å²) < 4.78 is 33.7. The second kappa shape index (κ2) is 9.22. The van der Waals surface area contributed by atoms with Crippen molar-refractivity contribution in [2.45, 2.75) is 63.5 Å². The number of sulfonamides is 1. The Morgan fingerprint density at radius 3 is 2.57 bits per heavy atom. The zero-order valence-corrected chi connectivity index (χ0v) is 19.4. The molecule has 0 aliphatic heterocycles. The first-order chi connectivity index (χ1) is 13.8. The van der Waals surface area contributed by atoms with Crippen LogP contribution in [0.15, 0.2) is 23.1 Å². The Kier molecular flexibility index (Phi) is 7.36. The standard InChI is InChI=1S/C20H33N5O4S/c1-14(10-7-8-13-22-19(26)29-20(2,3)4)25-17-15(23-18(25)21)11-9-12-16(17)30(27,28)24(5)6/h9,11-12,14H,7-8,10,13H2,1-6H3,(H2,21,23)(H,22,26). The lowest BCUT2D eigenvalue weighted by Crippen LogP contribution is -2.33. The fourth-order valence-electron chi connectivity index (χ4n) is 3.18. The molecule has 0 aliphatic rings. The molecule has 3 N–H and O–H groups in total. The normalized spacial score (nSPS) is 13.6. The van der Waals surface area contributed by atoms with Gasteiger partial charge in [0.25, 0.3) is 0 Å². The Morgan fingerprint density at radius 2 is 1.97 bits per heavy atom. The number of nitrogen functional groups attached to an aromatic ring is 1. The number of benzene rings is 1. The van der Waals surface area contributed by atoms with E-state index in [2.05, 4.69) is 10.3 Å². The summed E-state index contributed by atoms with van der Waals surface area (Å²) in [6, 6.07) is 4.94. The highest BCUT2D eigenvalue weighted by Crippen LogP contribution is 2.31. The van der Waals surface area contributed by atoms with E-state index >= 15 is 0 Å². The van der Waals surface area contributed by atoms with Gasteiger partial charge in [0.15, 0.2) is 0 Å². The molecule has 2 aromatic rings. The number of nitrogens with two attached hydrogens (primary N) is 1. The number of aromatic nitrogens is 2. The van der Waals surface area contributed by atoms with Crippen LogP contribution in [-0.4, -0.2) is 54.6 Å². The van der Waals surface area contributed by atoms with Gasteiger partial charge in [0.05, 0.1) is 11.0 Å². The van der Waals surface area contributed by atoms with Crippen molar-refractivity contribution >= 4 is 33.1 Å². The van der Waals surface area contributed by atoms with Gasteiger partial charge in [-0.05, 0) is 59.1 Å². The van der Waals surface area contributed by atoms with E-state index in [1.807, 2.05) is 27.7 Å². The summed E-state index contributed by atoms with van der Waals surface area (Å²) in [7, 11) is -0.646. The number of nitrogens with one attached hydrogen (secondary N) is 1. The van der Waals surface area contributed by atoms with Crippen LogP contribution in [-0.2, 0) is 14.8 Å². The van der Waals surface area contributed by atoms with Gasteiger partial charge in [0.2, 0.25) is 16.0 Å². The van der Waals surface area contributed by atoms with Gasteiger partial charge in [-0.3, -0.25) is 0 Å². The molecule has 1 heterocycles. The Hall–Kier alpha value is -2.33. The number of fused-ring (bicyclic) bond motifs is 1. The minimum absolute atomic E-state index is 0.0601.